The number of nitrogens with zero attached hydrogens (tertiary/aromatic N) is 2. The third-order valence-corrected chi connectivity index (χ3v) is 4.37. The first-order chi connectivity index (χ1) is 9.88. The molecule has 0 bridgehead atoms. The lowest BCUT2D eigenvalue weighted by Crippen LogP contribution is -2.18. The number of benzene rings is 1. The van der Waals surface area contributed by atoms with Gasteiger partial charge >= 0.3 is 0 Å². The van der Waals surface area contributed by atoms with Crippen LogP contribution in [0, 0.1) is 0 Å². The highest BCUT2D eigenvalue weighted by atomic mass is 32.2. The van der Waals surface area contributed by atoms with Gasteiger partial charge in [0.05, 0.1) is 5.69 Å². The van der Waals surface area contributed by atoms with E-state index >= 15 is 0 Å². The normalized spacial score (nSPS) is 14.2. The summed E-state index contributed by atoms with van der Waals surface area (Å²) in [5, 5.41) is 4.23. The predicted octanol–water partition coefficient (Wildman–Crippen LogP) is 0.844. The first-order valence-electron chi connectivity index (χ1n) is 6.30. The van der Waals surface area contributed by atoms with Crippen molar-refractivity contribution in [3.05, 3.63) is 18.2 Å². The predicted molar refractivity (Wildman–Crippen MR) is 77.2 cm³/mol. The van der Waals surface area contributed by atoms with Crippen LogP contribution in [0.2, 0.25) is 0 Å². The molecule has 1 aromatic heterocycles. The number of ether oxygens (including phenoxy) is 2. The lowest BCUT2D eigenvalue weighted by Gasteiger charge is -2.21. The van der Waals surface area contributed by atoms with Crippen molar-refractivity contribution in [2.75, 3.05) is 25.2 Å². The Balaban J connectivity index is 2.30. The summed E-state index contributed by atoms with van der Waals surface area (Å²) in [7, 11) is -1.83. The average Bonchev–Trinajstić information content (AvgIpc) is 2.76. The summed E-state index contributed by atoms with van der Waals surface area (Å²) in [5.74, 6) is 1.11. The van der Waals surface area contributed by atoms with E-state index in [1.165, 1.54) is 4.68 Å². The van der Waals surface area contributed by atoms with E-state index in [0.717, 1.165) is 6.26 Å². The molecule has 1 aliphatic heterocycles. The van der Waals surface area contributed by atoms with Crippen LogP contribution < -0.4 is 15.2 Å². The number of anilines is 1. The van der Waals surface area contributed by atoms with E-state index in [1.54, 1.807) is 25.2 Å². The van der Waals surface area contributed by atoms with Gasteiger partial charge in [0.1, 0.15) is 23.9 Å². The van der Waals surface area contributed by atoms with Gasteiger partial charge in [0.2, 0.25) is 0 Å². The zero-order valence-electron chi connectivity index (χ0n) is 11.7. The fraction of sp³-hybridized carbons (Fsp3) is 0.308. The minimum absolute atomic E-state index is 0.0813. The van der Waals surface area contributed by atoms with Crippen molar-refractivity contribution in [1.29, 1.82) is 0 Å². The highest BCUT2D eigenvalue weighted by Crippen LogP contribution is 2.42. The Morgan fingerprint density at radius 3 is 2.62 bits per heavy atom. The molecule has 1 aliphatic rings. The molecule has 7 nitrogen and oxygen atoms in total. The Bertz CT molecular complexity index is 792. The number of aryl methyl sites for hydroxylation is 1. The van der Waals surface area contributed by atoms with E-state index in [2.05, 4.69) is 5.10 Å². The van der Waals surface area contributed by atoms with Crippen molar-refractivity contribution in [1.82, 2.24) is 9.78 Å². The van der Waals surface area contributed by atoms with Crippen molar-refractivity contribution in [2.24, 2.45) is 7.05 Å². The Morgan fingerprint density at radius 2 is 2.00 bits per heavy atom. The molecule has 2 heterocycles. The fourth-order valence-electron chi connectivity index (χ4n) is 2.27. The molecule has 0 spiro atoms. The molecule has 21 heavy (non-hydrogen) atoms. The van der Waals surface area contributed by atoms with Crippen LogP contribution in [-0.4, -0.2) is 37.7 Å². The van der Waals surface area contributed by atoms with Crippen LogP contribution in [0.4, 0.5) is 5.82 Å². The van der Waals surface area contributed by atoms with Gasteiger partial charge in [-0.3, -0.25) is 4.68 Å². The standard InChI is InChI=1S/C13H15N3O4S/c1-16-11(14)7-9(15-16)8-3-4-10-12(20-6-5-19-10)13(8)21(2,17)18/h3-4,7H,5-6,14H2,1-2H3. The third-order valence-electron chi connectivity index (χ3n) is 3.23. The zero-order valence-corrected chi connectivity index (χ0v) is 12.5. The molecular weight excluding hydrogens is 294 g/mol. The minimum atomic E-state index is -3.52. The van der Waals surface area contributed by atoms with Gasteiger partial charge < -0.3 is 15.2 Å². The molecule has 1 aromatic carbocycles. The van der Waals surface area contributed by atoms with E-state index in [1.807, 2.05) is 0 Å². The van der Waals surface area contributed by atoms with E-state index < -0.39 is 9.84 Å². The Labute approximate surface area is 122 Å². The molecule has 0 saturated heterocycles. The summed E-state index contributed by atoms with van der Waals surface area (Å²) in [6.45, 7) is 0.704. The lowest BCUT2D eigenvalue weighted by atomic mass is 10.1. The maximum Gasteiger partial charge on any atom is 0.180 e. The van der Waals surface area contributed by atoms with Crippen LogP contribution >= 0.6 is 0 Å². The molecule has 0 fully saturated rings. The van der Waals surface area contributed by atoms with Gasteiger partial charge in [-0.05, 0) is 12.1 Å². The van der Waals surface area contributed by atoms with Crippen LogP contribution in [0.1, 0.15) is 0 Å². The van der Waals surface area contributed by atoms with Gasteiger partial charge in [0, 0.05) is 24.9 Å². The summed E-state index contributed by atoms with van der Waals surface area (Å²) in [4.78, 5) is 0.0813. The molecule has 0 unspecified atom stereocenters. The van der Waals surface area contributed by atoms with Crippen molar-refractivity contribution < 1.29 is 17.9 Å². The average molecular weight is 309 g/mol. The second kappa shape index (κ2) is 4.66. The summed E-state index contributed by atoms with van der Waals surface area (Å²) in [5.41, 5.74) is 6.70. The second-order valence-electron chi connectivity index (χ2n) is 4.82. The van der Waals surface area contributed by atoms with Gasteiger partial charge in [-0.2, -0.15) is 5.10 Å². The first kappa shape index (κ1) is 13.7. The number of aromatic nitrogens is 2. The summed E-state index contributed by atoms with van der Waals surface area (Å²) >= 11 is 0. The number of hydrogen-bond acceptors (Lipinski definition) is 6. The number of rotatable bonds is 2. The van der Waals surface area contributed by atoms with Gasteiger partial charge in [-0.1, -0.05) is 0 Å². The number of nitrogens with two attached hydrogens (primary N) is 1. The zero-order chi connectivity index (χ0) is 15.2. The number of hydrogen-bond donors (Lipinski definition) is 1. The molecule has 0 saturated carbocycles. The van der Waals surface area contributed by atoms with Crippen LogP contribution in [0.25, 0.3) is 11.3 Å². The van der Waals surface area contributed by atoms with E-state index in [4.69, 9.17) is 15.2 Å². The SMILES string of the molecule is Cn1nc(-c2ccc3c(c2S(C)(=O)=O)OCCO3)cc1N. The maximum atomic E-state index is 12.2. The van der Waals surface area contributed by atoms with E-state index in [-0.39, 0.29) is 10.6 Å². The molecule has 112 valence electrons. The van der Waals surface area contributed by atoms with Crippen molar-refractivity contribution in [2.45, 2.75) is 4.90 Å². The quantitative estimate of drug-likeness (QED) is 0.883. The monoisotopic (exact) mass is 309 g/mol. The molecule has 0 amide bonds. The summed E-state index contributed by atoms with van der Waals surface area (Å²) < 4.78 is 36.8. The molecule has 8 heteroatoms. The Morgan fingerprint density at radius 1 is 1.29 bits per heavy atom. The van der Waals surface area contributed by atoms with Gasteiger partial charge in [0.25, 0.3) is 0 Å². The third kappa shape index (κ3) is 2.31. The Hall–Kier alpha value is -2.22. The number of fused-ring (bicyclic) bond motifs is 1. The van der Waals surface area contributed by atoms with E-state index in [9.17, 15) is 8.42 Å². The van der Waals surface area contributed by atoms with Crippen molar-refractivity contribution >= 4 is 15.7 Å². The summed E-state index contributed by atoms with van der Waals surface area (Å²) in [6, 6.07) is 4.97. The van der Waals surface area contributed by atoms with Crippen molar-refractivity contribution in [3.8, 4) is 22.8 Å². The number of sulfone groups is 1. The fourth-order valence-corrected chi connectivity index (χ4v) is 3.34. The van der Waals surface area contributed by atoms with Crippen LogP contribution in [-0.2, 0) is 16.9 Å². The molecule has 0 atom stereocenters. The molecule has 0 aliphatic carbocycles. The van der Waals surface area contributed by atoms with E-state index in [0.29, 0.717) is 36.0 Å². The highest BCUT2D eigenvalue weighted by molar-refractivity contribution is 7.91. The van der Waals surface area contributed by atoms with Crippen LogP contribution in [0.15, 0.2) is 23.1 Å². The molecular formula is C13H15N3O4S. The van der Waals surface area contributed by atoms with Gasteiger partial charge in [0.15, 0.2) is 21.3 Å². The van der Waals surface area contributed by atoms with Gasteiger partial charge in [-0.25, -0.2) is 8.42 Å². The van der Waals surface area contributed by atoms with Crippen LogP contribution in [0.5, 0.6) is 11.5 Å². The second-order valence-corrected chi connectivity index (χ2v) is 6.77. The van der Waals surface area contributed by atoms with Gasteiger partial charge in [-0.15, -0.1) is 0 Å². The van der Waals surface area contributed by atoms with Crippen LogP contribution in [0.3, 0.4) is 0 Å². The largest absolute Gasteiger partial charge is 0.486 e. The number of nitrogen functional groups attached to an aromatic ring is 1. The smallest absolute Gasteiger partial charge is 0.180 e. The topological polar surface area (TPSA) is 96.4 Å². The lowest BCUT2D eigenvalue weighted by molar-refractivity contribution is 0.167. The Kier molecular flexibility index (Phi) is 3.05. The molecule has 3 rings (SSSR count). The highest BCUT2D eigenvalue weighted by Gasteiger charge is 2.27. The molecule has 2 aromatic rings. The molecule has 0 radical (unpaired) electrons. The maximum absolute atomic E-state index is 12.2. The molecule has 2 N–H and O–H groups in total. The van der Waals surface area contributed by atoms with Crippen molar-refractivity contribution in [3.63, 3.8) is 0 Å². The summed E-state index contributed by atoms with van der Waals surface area (Å²) in [6.07, 6.45) is 1.14. The minimum Gasteiger partial charge on any atom is -0.486 e. The first-order valence-corrected chi connectivity index (χ1v) is 8.19.